The third kappa shape index (κ3) is 2.94. The van der Waals surface area contributed by atoms with E-state index < -0.39 is 4.92 Å². The molecular weight excluding hydrogens is 302 g/mol. The first-order valence-electron chi connectivity index (χ1n) is 6.48. The van der Waals surface area contributed by atoms with Crippen LogP contribution in [0.1, 0.15) is 5.69 Å². The summed E-state index contributed by atoms with van der Waals surface area (Å²) in [6, 6.07) is 12.1. The highest BCUT2D eigenvalue weighted by Crippen LogP contribution is 2.23. The molecule has 22 heavy (non-hydrogen) atoms. The zero-order chi connectivity index (χ0) is 15.5. The van der Waals surface area contributed by atoms with Gasteiger partial charge in [0, 0.05) is 23.1 Å². The molecule has 3 aromatic rings. The van der Waals surface area contributed by atoms with Crippen molar-refractivity contribution in [1.82, 2.24) is 9.55 Å². The average molecular weight is 313 g/mol. The Morgan fingerprint density at radius 1 is 1.18 bits per heavy atom. The van der Waals surface area contributed by atoms with Crippen LogP contribution in [0.2, 0.25) is 0 Å². The van der Waals surface area contributed by atoms with Crippen molar-refractivity contribution in [1.29, 1.82) is 0 Å². The molecule has 0 spiro atoms. The van der Waals surface area contributed by atoms with E-state index in [9.17, 15) is 14.9 Å². The van der Waals surface area contributed by atoms with Crippen molar-refractivity contribution in [2.75, 3.05) is 0 Å². The summed E-state index contributed by atoms with van der Waals surface area (Å²) in [5.74, 6) is 0. The van der Waals surface area contributed by atoms with Gasteiger partial charge >= 0.3 is 0 Å². The van der Waals surface area contributed by atoms with Crippen molar-refractivity contribution in [2.45, 2.75) is 6.54 Å². The second-order valence-corrected chi connectivity index (χ2v) is 5.48. The van der Waals surface area contributed by atoms with Crippen LogP contribution in [0.25, 0.3) is 10.6 Å². The normalized spacial score (nSPS) is 10.5. The van der Waals surface area contributed by atoms with E-state index in [1.54, 1.807) is 0 Å². The van der Waals surface area contributed by atoms with E-state index in [0.29, 0.717) is 5.69 Å². The molecule has 2 aromatic heterocycles. The van der Waals surface area contributed by atoms with Gasteiger partial charge in [-0.15, -0.1) is 11.3 Å². The molecule has 0 aliphatic rings. The lowest BCUT2D eigenvalue weighted by atomic mass is 10.2. The van der Waals surface area contributed by atoms with E-state index in [2.05, 4.69) is 4.98 Å². The average Bonchev–Trinajstić information content (AvgIpc) is 2.99. The van der Waals surface area contributed by atoms with E-state index in [4.69, 9.17) is 0 Å². The molecule has 0 bridgehead atoms. The van der Waals surface area contributed by atoms with Gasteiger partial charge in [0.05, 0.1) is 23.4 Å². The van der Waals surface area contributed by atoms with Crippen LogP contribution >= 0.6 is 11.3 Å². The molecule has 0 atom stereocenters. The van der Waals surface area contributed by atoms with Crippen LogP contribution < -0.4 is 5.56 Å². The number of rotatable bonds is 4. The summed E-state index contributed by atoms with van der Waals surface area (Å²) in [5, 5.41) is 13.5. The smallest absolute Gasteiger partial charge is 0.285 e. The van der Waals surface area contributed by atoms with E-state index in [0.717, 1.165) is 10.6 Å². The largest absolute Gasteiger partial charge is 0.303 e. The van der Waals surface area contributed by atoms with Crippen molar-refractivity contribution < 1.29 is 4.92 Å². The van der Waals surface area contributed by atoms with Gasteiger partial charge in [-0.25, -0.2) is 4.98 Å². The molecule has 0 aliphatic heterocycles. The van der Waals surface area contributed by atoms with Gasteiger partial charge in [-0.3, -0.25) is 14.9 Å². The van der Waals surface area contributed by atoms with Crippen LogP contribution in [0.3, 0.4) is 0 Å². The molecule has 6 nitrogen and oxygen atoms in total. The summed E-state index contributed by atoms with van der Waals surface area (Å²) in [6.45, 7) is 0.212. The quantitative estimate of drug-likeness (QED) is 0.548. The minimum Gasteiger partial charge on any atom is -0.303 e. The van der Waals surface area contributed by atoms with Crippen LogP contribution in [-0.4, -0.2) is 14.5 Å². The summed E-state index contributed by atoms with van der Waals surface area (Å²) in [7, 11) is 0. The Hall–Kier alpha value is -2.80. The molecule has 0 unspecified atom stereocenters. The fourth-order valence-corrected chi connectivity index (χ4v) is 2.83. The van der Waals surface area contributed by atoms with Crippen LogP contribution in [0.15, 0.2) is 58.8 Å². The predicted octanol–water partition coefficient (Wildman–Crippen LogP) is 2.93. The first-order valence-corrected chi connectivity index (χ1v) is 7.36. The fourth-order valence-electron chi connectivity index (χ4n) is 2.02. The van der Waals surface area contributed by atoms with Gasteiger partial charge < -0.3 is 4.57 Å². The van der Waals surface area contributed by atoms with E-state index in [-0.39, 0.29) is 17.8 Å². The van der Waals surface area contributed by atoms with Gasteiger partial charge in [0.2, 0.25) is 0 Å². The number of pyridine rings is 1. The monoisotopic (exact) mass is 313 g/mol. The number of nitro groups is 1. The van der Waals surface area contributed by atoms with Crippen molar-refractivity contribution in [2.24, 2.45) is 0 Å². The minimum atomic E-state index is -0.521. The molecule has 1 aromatic carbocycles. The lowest BCUT2D eigenvalue weighted by Crippen LogP contribution is -2.19. The first kappa shape index (κ1) is 14.2. The number of aromatic nitrogens is 2. The number of benzene rings is 1. The van der Waals surface area contributed by atoms with Gasteiger partial charge in [0.1, 0.15) is 5.01 Å². The fraction of sp³-hybridized carbons (Fsp3) is 0.0667. The lowest BCUT2D eigenvalue weighted by Gasteiger charge is -2.02. The molecule has 2 heterocycles. The van der Waals surface area contributed by atoms with Crippen LogP contribution in [0, 0.1) is 10.1 Å². The van der Waals surface area contributed by atoms with Crippen molar-refractivity contribution >= 4 is 17.0 Å². The van der Waals surface area contributed by atoms with Gasteiger partial charge in [-0.05, 0) is 0 Å². The van der Waals surface area contributed by atoms with Gasteiger partial charge in [-0.1, -0.05) is 30.3 Å². The Kier molecular flexibility index (Phi) is 3.80. The number of hydrogen-bond acceptors (Lipinski definition) is 5. The molecule has 7 heteroatoms. The lowest BCUT2D eigenvalue weighted by molar-refractivity contribution is -0.385. The van der Waals surface area contributed by atoms with Crippen molar-refractivity contribution in [3.8, 4) is 10.6 Å². The number of hydrogen-bond donors (Lipinski definition) is 0. The highest BCUT2D eigenvalue weighted by atomic mass is 32.1. The Morgan fingerprint density at radius 3 is 2.68 bits per heavy atom. The van der Waals surface area contributed by atoms with Crippen LogP contribution in [0.4, 0.5) is 5.69 Å². The highest BCUT2D eigenvalue weighted by molar-refractivity contribution is 7.13. The van der Waals surface area contributed by atoms with Crippen molar-refractivity contribution in [3.63, 3.8) is 0 Å². The maximum absolute atomic E-state index is 11.8. The van der Waals surface area contributed by atoms with Crippen LogP contribution in [0.5, 0.6) is 0 Å². The molecule has 0 saturated heterocycles. The third-order valence-corrected chi connectivity index (χ3v) is 4.02. The van der Waals surface area contributed by atoms with Crippen molar-refractivity contribution in [3.05, 3.63) is 80.2 Å². The minimum absolute atomic E-state index is 0.113. The maximum atomic E-state index is 11.8. The second-order valence-electron chi connectivity index (χ2n) is 4.62. The molecule has 0 amide bonds. The molecule has 0 N–H and O–H groups in total. The molecular formula is C15H11N3O3S. The summed E-state index contributed by atoms with van der Waals surface area (Å²) < 4.78 is 1.29. The summed E-state index contributed by atoms with van der Waals surface area (Å²) in [5.41, 5.74) is 1.30. The standard InChI is InChI=1S/C15H11N3O3S/c19-14-7-6-13(18(20)21)9-17(14)8-12-10-22-15(16-12)11-4-2-1-3-5-11/h1-7,9-10H,8H2. The molecule has 110 valence electrons. The Balaban J connectivity index is 1.88. The Bertz CT molecular complexity index is 871. The molecule has 0 saturated carbocycles. The highest BCUT2D eigenvalue weighted by Gasteiger charge is 2.10. The van der Waals surface area contributed by atoms with Crippen LogP contribution in [-0.2, 0) is 6.54 Å². The Labute approximate surface area is 129 Å². The third-order valence-electron chi connectivity index (χ3n) is 3.08. The Morgan fingerprint density at radius 2 is 1.95 bits per heavy atom. The zero-order valence-electron chi connectivity index (χ0n) is 11.4. The molecule has 0 radical (unpaired) electrons. The van der Waals surface area contributed by atoms with E-state index in [1.165, 1.54) is 34.2 Å². The molecule has 3 rings (SSSR count). The second kappa shape index (κ2) is 5.90. The SMILES string of the molecule is O=c1ccc([N+](=O)[O-])cn1Cc1csc(-c2ccccc2)n1. The maximum Gasteiger partial charge on any atom is 0.285 e. The number of thiazole rings is 1. The van der Waals surface area contributed by atoms with E-state index in [1.807, 2.05) is 35.7 Å². The van der Waals surface area contributed by atoms with E-state index >= 15 is 0 Å². The van der Waals surface area contributed by atoms with Gasteiger partial charge in [0.15, 0.2) is 0 Å². The first-order chi connectivity index (χ1) is 10.6. The molecule has 0 aliphatic carbocycles. The zero-order valence-corrected chi connectivity index (χ0v) is 12.2. The summed E-state index contributed by atoms with van der Waals surface area (Å²) in [4.78, 5) is 26.5. The van der Waals surface area contributed by atoms with Gasteiger partial charge in [0.25, 0.3) is 11.2 Å². The summed E-state index contributed by atoms with van der Waals surface area (Å²) in [6.07, 6.45) is 1.24. The van der Waals surface area contributed by atoms with Gasteiger partial charge in [-0.2, -0.15) is 0 Å². The predicted molar refractivity (Wildman–Crippen MR) is 84.0 cm³/mol. The summed E-state index contributed by atoms with van der Waals surface area (Å²) >= 11 is 1.48. The molecule has 0 fully saturated rings. The number of nitrogens with zero attached hydrogens (tertiary/aromatic N) is 3. The topological polar surface area (TPSA) is 78.0 Å².